The highest BCUT2D eigenvalue weighted by atomic mass is 35.5. The highest BCUT2D eigenvalue weighted by Crippen LogP contribution is 2.36. The highest BCUT2D eigenvalue weighted by Gasteiger charge is 2.36. The summed E-state index contributed by atoms with van der Waals surface area (Å²) in [6.45, 7) is -0.331. The van der Waals surface area contributed by atoms with Gasteiger partial charge in [0.05, 0.1) is 11.4 Å². The number of carbonyl (C=O) groups is 2. The first-order chi connectivity index (χ1) is 17.7. The topological polar surface area (TPSA) is 80.8 Å². The van der Waals surface area contributed by atoms with Crippen molar-refractivity contribution in [2.45, 2.75) is 11.4 Å². The summed E-state index contributed by atoms with van der Waals surface area (Å²) in [5, 5.41) is 1.12. The van der Waals surface area contributed by atoms with E-state index in [-0.39, 0.29) is 38.2 Å². The molecule has 4 aromatic carbocycles. The zero-order valence-corrected chi connectivity index (χ0v) is 21.3. The van der Waals surface area contributed by atoms with E-state index in [0.29, 0.717) is 11.8 Å². The van der Waals surface area contributed by atoms with E-state index in [9.17, 15) is 22.4 Å². The van der Waals surface area contributed by atoms with Crippen LogP contribution in [0.15, 0.2) is 94.7 Å². The molecule has 1 aliphatic heterocycles. The predicted molar refractivity (Wildman–Crippen MR) is 141 cm³/mol. The lowest BCUT2D eigenvalue weighted by Gasteiger charge is -2.14. The fourth-order valence-corrected chi connectivity index (χ4v) is 5.83. The van der Waals surface area contributed by atoms with Crippen LogP contribution >= 0.6 is 23.4 Å². The summed E-state index contributed by atoms with van der Waals surface area (Å²) < 4.78 is 45.7. The highest BCUT2D eigenvalue weighted by molar-refractivity contribution is 8.18. The van der Waals surface area contributed by atoms with Gasteiger partial charge in [-0.25, -0.2) is 4.39 Å². The summed E-state index contributed by atoms with van der Waals surface area (Å²) in [4.78, 5) is 26.4. The van der Waals surface area contributed by atoms with Crippen molar-refractivity contribution in [1.29, 1.82) is 0 Å². The van der Waals surface area contributed by atoms with Gasteiger partial charge in [0.25, 0.3) is 11.1 Å². The number of benzene rings is 4. The molecule has 0 saturated carbocycles. The molecule has 0 N–H and O–H groups in total. The number of thioether (sulfide) groups is 1. The first-order valence-corrected chi connectivity index (χ1v) is 13.5. The minimum atomic E-state index is -4.20. The summed E-state index contributed by atoms with van der Waals surface area (Å²) in [5.41, 5.74) is 0.305. The second-order valence-corrected chi connectivity index (χ2v) is 11.0. The first kappa shape index (κ1) is 25.0. The van der Waals surface area contributed by atoms with Crippen LogP contribution in [-0.4, -0.2) is 24.5 Å². The molecule has 1 aliphatic rings. The van der Waals surface area contributed by atoms with Gasteiger partial charge in [-0.1, -0.05) is 66.2 Å². The van der Waals surface area contributed by atoms with Gasteiger partial charge in [0, 0.05) is 16.1 Å². The van der Waals surface area contributed by atoms with Crippen molar-refractivity contribution in [3.8, 4) is 5.75 Å². The van der Waals surface area contributed by atoms with E-state index in [1.807, 2.05) is 18.2 Å². The zero-order valence-electron chi connectivity index (χ0n) is 18.9. The fraction of sp³-hybridized carbons (Fsp3) is 0.0370. The molecular formula is C27H17ClFNO5S2. The number of hydrogen-bond donors (Lipinski definition) is 0. The van der Waals surface area contributed by atoms with E-state index in [1.165, 1.54) is 42.5 Å². The largest absolute Gasteiger partial charge is 0.378 e. The molecule has 0 spiro atoms. The molecule has 5 rings (SSSR count). The molecule has 1 saturated heterocycles. The first-order valence-electron chi connectivity index (χ1n) is 10.9. The quantitative estimate of drug-likeness (QED) is 0.197. The minimum absolute atomic E-state index is 0.0143. The van der Waals surface area contributed by atoms with Gasteiger partial charge in [-0.05, 0) is 58.9 Å². The van der Waals surface area contributed by atoms with E-state index in [0.717, 1.165) is 15.7 Å². The predicted octanol–water partition coefficient (Wildman–Crippen LogP) is 6.64. The maximum atomic E-state index is 14.2. The van der Waals surface area contributed by atoms with Crippen molar-refractivity contribution in [2.75, 3.05) is 0 Å². The molecule has 1 fully saturated rings. The van der Waals surface area contributed by atoms with Crippen molar-refractivity contribution in [3.63, 3.8) is 0 Å². The standard InChI is InChI=1S/C27H17ClFNO5S2/c28-22-9-5-10-23(29)21(22)16-30-26(31)25(36-27(30)32)15-19-8-3-4-11-24(19)35-37(33,34)20-13-12-17-6-1-2-7-18(17)14-20/h1-15H,16H2/b25-15-. The summed E-state index contributed by atoms with van der Waals surface area (Å²) in [6, 6.07) is 22.3. The molecule has 0 bridgehead atoms. The van der Waals surface area contributed by atoms with Crippen LogP contribution in [0.25, 0.3) is 16.8 Å². The average molecular weight is 554 g/mol. The van der Waals surface area contributed by atoms with Crippen molar-refractivity contribution in [3.05, 3.63) is 112 Å². The number of amides is 2. The molecule has 0 aromatic heterocycles. The second-order valence-electron chi connectivity index (χ2n) is 8.05. The molecule has 0 unspecified atom stereocenters. The Bertz CT molecular complexity index is 1680. The lowest BCUT2D eigenvalue weighted by molar-refractivity contribution is -0.123. The van der Waals surface area contributed by atoms with Crippen LogP contribution in [0.2, 0.25) is 5.02 Å². The second kappa shape index (κ2) is 10.0. The molecule has 2 amide bonds. The fourth-order valence-electron chi connectivity index (χ4n) is 3.78. The molecule has 1 heterocycles. The Hall–Kier alpha value is -3.66. The van der Waals surface area contributed by atoms with Crippen LogP contribution in [0.3, 0.4) is 0 Å². The molecule has 186 valence electrons. The van der Waals surface area contributed by atoms with E-state index in [4.69, 9.17) is 15.8 Å². The third kappa shape index (κ3) is 5.11. The van der Waals surface area contributed by atoms with Gasteiger partial charge in [-0.15, -0.1) is 0 Å². The third-order valence-corrected chi connectivity index (χ3v) is 8.16. The lowest BCUT2D eigenvalue weighted by Crippen LogP contribution is -2.28. The Morgan fingerprint density at radius 2 is 1.65 bits per heavy atom. The van der Waals surface area contributed by atoms with E-state index in [1.54, 1.807) is 30.3 Å². The summed E-state index contributed by atoms with van der Waals surface area (Å²) in [5.74, 6) is -1.30. The van der Waals surface area contributed by atoms with Crippen LogP contribution in [0, 0.1) is 5.82 Å². The van der Waals surface area contributed by atoms with E-state index < -0.39 is 27.1 Å². The number of fused-ring (bicyclic) bond motifs is 1. The minimum Gasteiger partial charge on any atom is -0.378 e. The molecule has 0 aliphatic carbocycles. The number of para-hydroxylation sites is 1. The van der Waals surface area contributed by atoms with Crippen molar-refractivity contribution < 1.29 is 26.6 Å². The van der Waals surface area contributed by atoms with Gasteiger partial charge in [-0.2, -0.15) is 8.42 Å². The summed E-state index contributed by atoms with van der Waals surface area (Å²) in [6.07, 6.45) is 1.37. The monoisotopic (exact) mass is 553 g/mol. The Balaban J connectivity index is 1.42. The third-order valence-electron chi connectivity index (χ3n) is 5.67. The average Bonchev–Trinajstić information content (AvgIpc) is 3.14. The maximum Gasteiger partial charge on any atom is 0.339 e. The van der Waals surface area contributed by atoms with Crippen molar-refractivity contribution in [2.24, 2.45) is 0 Å². The molecule has 0 radical (unpaired) electrons. The van der Waals surface area contributed by atoms with Gasteiger partial charge in [0.1, 0.15) is 16.5 Å². The Morgan fingerprint density at radius 1 is 0.919 bits per heavy atom. The number of nitrogens with zero attached hydrogens (tertiary/aromatic N) is 1. The lowest BCUT2D eigenvalue weighted by atomic mass is 10.1. The van der Waals surface area contributed by atoms with Gasteiger partial charge < -0.3 is 4.18 Å². The van der Waals surface area contributed by atoms with Crippen LogP contribution in [0.1, 0.15) is 11.1 Å². The number of imide groups is 1. The number of rotatable bonds is 6. The summed E-state index contributed by atoms with van der Waals surface area (Å²) in [7, 11) is -4.20. The number of halogens is 2. The van der Waals surface area contributed by atoms with Crippen LogP contribution in [0.4, 0.5) is 9.18 Å². The molecular weight excluding hydrogens is 537 g/mol. The number of carbonyl (C=O) groups excluding carboxylic acids is 2. The van der Waals surface area contributed by atoms with Crippen molar-refractivity contribution in [1.82, 2.24) is 4.90 Å². The SMILES string of the molecule is O=C1S/C(=C\c2ccccc2OS(=O)(=O)c2ccc3ccccc3c2)C(=O)N1Cc1c(F)cccc1Cl. The maximum absolute atomic E-state index is 14.2. The van der Waals surface area contributed by atoms with Crippen LogP contribution < -0.4 is 4.18 Å². The summed E-state index contributed by atoms with van der Waals surface area (Å²) >= 11 is 6.71. The number of hydrogen-bond acceptors (Lipinski definition) is 6. The van der Waals surface area contributed by atoms with E-state index >= 15 is 0 Å². The molecule has 0 atom stereocenters. The van der Waals surface area contributed by atoms with Gasteiger partial charge in [0.15, 0.2) is 0 Å². The van der Waals surface area contributed by atoms with Crippen molar-refractivity contribution >= 4 is 61.5 Å². The zero-order chi connectivity index (χ0) is 26.2. The normalized spacial score (nSPS) is 15.1. The molecule has 10 heteroatoms. The Labute approximate surface area is 221 Å². The molecule has 37 heavy (non-hydrogen) atoms. The van der Waals surface area contributed by atoms with Gasteiger partial charge in [0.2, 0.25) is 0 Å². The van der Waals surface area contributed by atoms with Gasteiger partial charge >= 0.3 is 10.1 Å². The molecule has 4 aromatic rings. The Kier molecular flexibility index (Phi) is 6.76. The Morgan fingerprint density at radius 3 is 2.43 bits per heavy atom. The van der Waals surface area contributed by atoms with Gasteiger partial charge in [-0.3, -0.25) is 14.5 Å². The smallest absolute Gasteiger partial charge is 0.339 e. The van der Waals surface area contributed by atoms with Crippen LogP contribution in [0.5, 0.6) is 5.75 Å². The van der Waals surface area contributed by atoms with Crippen LogP contribution in [-0.2, 0) is 21.5 Å². The molecule has 6 nitrogen and oxygen atoms in total. The van der Waals surface area contributed by atoms with E-state index in [2.05, 4.69) is 0 Å².